The van der Waals surface area contributed by atoms with Crippen molar-refractivity contribution in [3.05, 3.63) is 74.3 Å². The van der Waals surface area contributed by atoms with Gasteiger partial charge in [0.1, 0.15) is 0 Å². The summed E-state index contributed by atoms with van der Waals surface area (Å²) in [7, 11) is 0. The molecule has 1 aliphatic rings. The molecule has 0 aliphatic heterocycles. The molecule has 1 unspecified atom stereocenters. The van der Waals surface area contributed by atoms with E-state index in [4.69, 9.17) is 0 Å². The predicted molar refractivity (Wildman–Crippen MR) is 117 cm³/mol. The van der Waals surface area contributed by atoms with Crippen LogP contribution in [-0.4, -0.2) is 12.1 Å². The second kappa shape index (κ2) is 8.96. The summed E-state index contributed by atoms with van der Waals surface area (Å²) in [6, 6.07) is 8.59. The van der Waals surface area contributed by atoms with E-state index < -0.39 is 12.1 Å². The minimum absolute atomic E-state index is 0.0579. The molecule has 1 fully saturated rings. The van der Waals surface area contributed by atoms with Crippen molar-refractivity contribution < 1.29 is 18.0 Å². The summed E-state index contributed by atoms with van der Waals surface area (Å²) in [6.45, 7) is 5.98. The molecule has 0 radical (unpaired) electrons. The summed E-state index contributed by atoms with van der Waals surface area (Å²) in [5, 5.41) is 2.89. The highest BCUT2D eigenvalue weighted by Gasteiger charge is 2.39. The maximum absolute atomic E-state index is 13.8. The van der Waals surface area contributed by atoms with Crippen molar-refractivity contribution in [1.82, 2.24) is 5.32 Å². The van der Waals surface area contributed by atoms with Crippen LogP contribution in [0.3, 0.4) is 0 Å². The van der Waals surface area contributed by atoms with Crippen molar-refractivity contribution in [2.24, 2.45) is 5.92 Å². The first-order valence-corrected chi connectivity index (χ1v) is 10.7. The lowest BCUT2D eigenvalue weighted by molar-refractivity contribution is -0.139. The molecule has 2 nitrogen and oxygen atoms in total. The topological polar surface area (TPSA) is 29.1 Å². The summed E-state index contributed by atoms with van der Waals surface area (Å²) in [4.78, 5) is 11.8. The third-order valence-electron chi connectivity index (χ3n) is 5.62. The van der Waals surface area contributed by atoms with Crippen molar-refractivity contribution in [3.8, 4) is 0 Å². The highest BCUT2D eigenvalue weighted by molar-refractivity contribution is 9.10. The Morgan fingerprint density at radius 2 is 1.80 bits per heavy atom. The van der Waals surface area contributed by atoms with Gasteiger partial charge >= 0.3 is 6.18 Å². The molecule has 2 aromatic carbocycles. The fourth-order valence-corrected chi connectivity index (χ4v) is 3.88. The Morgan fingerprint density at radius 3 is 2.33 bits per heavy atom. The SMILES string of the molecule is Cc1cc(C(/C=C/c2ccc(CNC(=O)C3CC3)c(Br)c2)C(F)(F)F)cc(C)c1C. The zero-order valence-corrected chi connectivity index (χ0v) is 18.8. The number of rotatable bonds is 6. The van der Waals surface area contributed by atoms with Gasteiger partial charge in [0, 0.05) is 16.9 Å². The molecular weight excluding hydrogens is 455 g/mol. The van der Waals surface area contributed by atoms with Gasteiger partial charge in [-0.1, -0.05) is 52.3 Å². The van der Waals surface area contributed by atoms with Crippen LogP contribution in [0, 0.1) is 26.7 Å². The maximum Gasteiger partial charge on any atom is 0.399 e. The molecule has 6 heteroatoms. The van der Waals surface area contributed by atoms with Crippen LogP contribution in [0.5, 0.6) is 0 Å². The van der Waals surface area contributed by atoms with E-state index in [1.165, 1.54) is 12.2 Å². The first kappa shape index (κ1) is 22.6. The van der Waals surface area contributed by atoms with E-state index in [1.807, 2.05) is 26.8 Å². The summed E-state index contributed by atoms with van der Waals surface area (Å²) >= 11 is 3.46. The lowest BCUT2D eigenvalue weighted by Crippen LogP contribution is -2.24. The van der Waals surface area contributed by atoms with Gasteiger partial charge in [0.25, 0.3) is 0 Å². The Kier molecular flexibility index (Phi) is 6.75. The van der Waals surface area contributed by atoms with Crippen LogP contribution in [0.15, 0.2) is 40.9 Å². The van der Waals surface area contributed by atoms with E-state index in [9.17, 15) is 18.0 Å². The van der Waals surface area contributed by atoms with Crippen molar-refractivity contribution in [2.45, 2.75) is 52.3 Å². The Bertz CT molecular complexity index is 954. The largest absolute Gasteiger partial charge is 0.399 e. The molecule has 30 heavy (non-hydrogen) atoms. The van der Waals surface area contributed by atoms with Crippen LogP contribution in [-0.2, 0) is 11.3 Å². The molecule has 1 atom stereocenters. The Balaban J connectivity index is 1.78. The number of alkyl halides is 3. The second-order valence-electron chi connectivity index (χ2n) is 8.00. The number of carbonyl (C=O) groups is 1. The third kappa shape index (κ3) is 5.54. The molecule has 0 heterocycles. The first-order chi connectivity index (χ1) is 14.1. The van der Waals surface area contributed by atoms with Gasteiger partial charge in [-0.25, -0.2) is 0 Å². The molecule has 1 saturated carbocycles. The summed E-state index contributed by atoms with van der Waals surface area (Å²) in [5.74, 6) is -1.48. The van der Waals surface area contributed by atoms with Crippen molar-refractivity contribution >= 4 is 27.9 Å². The smallest absolute Gasteiger partial charge is 0.352 e. The van der Waals surface area contributed by atoms with E-state index in [-0.39, 0.29) is 17.4 Å². The van der Waals surface area contributed by atoms with E-state index >= 15 is 0 Å². The highest BCUT2D eigenvalue weighted by Crippen LogP contribution is 2.38. The molecule has 0 bridgehead atoms. The molecule has 0 spiro atoms. The standard InChI is InChI=1S/C24H25BrF3NO/c1-14-10-20(11-15(2)16(14)3)21(24(26,27)28)9-5-17-4-6-19(22(25)12-17)13-29-23(30)18-7-8-18/h4-6,9-12,18,21H,7-8,13H2,1-3H3,(H,29,30)/b9-5+. The van der Waals surface area contributed by atoms with Crippen LogP contribution < -0.4 is 5.32 Å². The predicted octanol–water partition coefficient (Wildman–Crippen LogP) is 6.76. The number of aryl methyl sites for hydroxylation is 2. The normalized spacial score (nSPS) is 15.4. The quantitative estimate of drug-likeness (QED) is 0.487. The van der Waals surface area contributed by atoms with E-state index in [2.05, 4.69) is 21.2 Å². The Morgan fingerprint density at radius 1 is 1.17 bits per heavy atom. The molecule has 1 aliphatic carbocycles. The second-order valence-corrected chi connectivity index (χ2v) is 8.86. The lowest BCUT2D eigenvalue weighted by Gasteiger charge is -2.19. The van der Waals surface area contributed by atoms with Crippen molar-refractivity contribution in [3.63, 3.8) is 0 Å². The lowest BCUT2D eigenvalue weighted by atomic mass is 9.91. The Hall–Kier alpha value is -2.08. The first-order valence-electron chi connectivity index (χ1n) is 9.95. The van der Waals surface area contributed by atoms with Gasteiger partial charge < -0.3 is 5.32 Å². The number of allylic oxidation sites excluding steroid dienone is 1. The molecule has 1 N–H and O–H groups in total. The van der Waals surface area contributed by atoms with Gasteiger partial charge in [0.15, 0.2) is 0 Å². The minimum Gasteiger partial charge on any atom is -0.352 e. The molecule has 160 valence electrons. The number of carbonyl (C=O) groups excluding carboxylic acids is 1. The van der Waals surface area contributed by atoms with Gasteiger partial charge in [0.2, 0.25) is 5.91 Å². The number of hydrogen-bond donors (Lipinski definition) is 1. The van der Waals surface area contributed by atoms with Crippen LogP contribution in [0.4, 0.5) is 13.2 Å². The molecule has 3 rings (SSSR count). The number of benzene rings is 2. The van der Waals surface area contributed by atoms with Crippen LogP contribution >= 0.6 is 15.9 Å². The number of halogens is 4. The highest BCUT2D eigenvalue weighted by atomic mass is 79.9. The van der Waals surface area contributed by atoms with Crippen molar-refractivity contribution in [2.75, 3.05) is 0 Å². The van der Waals surface area contributed by atoms with Crippen molar-refractivity contribution in [1.29, 1.82) is 0 Å². The summed E-state index contributed by atoms with van der Waals surface area (Å²) < 4.78 is 42.0. The zero-order valence-electron chi connectivity index (χ0n) is 17.2. The zero-order chi connectivity index (χ0) is 22.1. The maximum atomic E-state index is 13.8. The van der Waals surface area contributed by atoms with Gasteiger partial charge in [-0.15, -0.1) is 0 Å². The van der Waals surface area contributed by atoms with Gasteiger partial charge in [0.05, 0.1) is 5.92 Å². The number of hydrogen-bond acceptors (Lipinski definition) is 1. The molecule has 0 aromatic heterocycles. The molecule has 2 aromatic rings. The number of nitrogens with one attached hydrogen (secondary N) is 1. The fourth-order valence-electron chi connectivity index (χ4n) is 3.35. The third-order valence-corrected chi connectivity index (χ3v) is 6.36. The van der Waals surface area contributed by atoms with Crippen LogP contribution in [0.25, 0.3) is 6.08 Å². The van der Waals surface area contributed by atoms with Gasteiger partial charge in [-0.2, -0.15) is 13.2 Å². The molecule has 0 saturated heterocycles. The van der Waals surface area contributed by atoms with Crippen LogP contribution in [0.2, 0.25) is 0 Å². The van der Waals surface area contributed by atoms with E-state index in [0.29, 0.717) is 12.1 Å². The molecular formula is C24H25BrF3NO. The van der Waals surface area contributed by atoms with Gasteiger partial charge in [-0.05, 0) is 73.1 Å². The average Bonchev–Trinajstić information content (AvgIpc) is 3.49. The molecule has 1 amide bonds. The van der Waals surface area contributed by atoms with E-state index in [1.54, 1.807) is 24.3 Å². The Labute approximate surface area is 183 Å². The van der Waals surface area contributed by atoms with Gasteiger partial charge in [-0.3, -0.25) is 4.79 Å². The minimum atomic E-state index is -4.38. The van der Waals surface area contributed by atoms with Crippen LogP contribution in [0.1, 0.15) is 52.1 Å². The van der Waals surface area contributed by atoms with E-state index in [0.717, 1.165) is 39.6 Å². The fraction of sp³-hybridized carbons (Fsp3) is 0.375. The number of amides is 1. The summed E-state index contributed by atoms with van der Waals surface area (Å²) in [6.07, 6.45) is 0.211. The average molecular weight is 480 g/mol. The summed E-state index contributed by atoms with van der Waals surface area (Å²) in [5.41, 5.74) is 4.52. The monoisotopic (exact) mass is 479 g/mol.